The van der Waals surface area contributed by atoms with Crippen LogP contribution in [0.1, 0.15) is 5.56 Å². The Labute approximate surface area is 117 Å². The quantitative estimate of drug-likeness (QED) is 0.744. The van der Waals surface area contributed by atoms with Gasteiger partial charge in [0.2, 0.25) is 0 Å². The third-order valence-corrected chi connectivity index (χ3v) is 3.51. The Morgan fingerprint density at radius 1 is 1.00 bits per heavy atom. The Bertz CT molecular complexity index is 767. The zero-order valence-corrected chi connectivity index (χ0v) is 11.4. The molecule has 0 saturated carbocycles. The second-order valence-electron chi connectivity index (χ2n) is 4.71. The predicted molar refractivity (Wildman–Crippen MR) is 81.4 cm³/mol. The van der Waals surface area contributed by atoms with Crippen molar-refractivity contribution in [2.24, 2.45) is 0 Å². The highest BCUT2D eigenvalue weighted by Gasteiger charge is 2.14. The third kappa shape index (κ3) is 1.92. The average molecular weight is 266 g/mol. The molecule has 0 saturated heterocycles. The molecule has 0 bridgehead atoms. The van der Waals surface area contributed by atoms with E-state index in [4.69, 9.17) is 0 Å². The van der Waals surface area contributed by atoms with Gasteiger partial charge in [0.15, 0.2) is 0 Å². The number of para-hydroxylation sites is 1. The van der Waals surface area contributed by atoms with Crippen LogP contribution in [0.5, 0.6) is 0 Å². The lowest BCUT2D eigenvalue weighted by Gasteiger charge is -2.14. The van der Waals surface area contributed by atoms with E-state index in [9.17, 15) is 4.39 Å². The van der Waals surface area contributed by atoms with Crippen molar-refractivity contribution >= 4 is 16.6 Å². The minimum absolute atomic E-state index is 0.295. The lowest BCUT2D eigenvalue weighted by atomic mass is 10.0. The predicted octanol–water partition coefficient (Wildman–Crippen LogP) is 4.39. The summed E-state index contributed by atoms with van der Waals surface area (Å²) in [5.74, 6) is -0.295. The van der Waals surface area contributed by atoms with Gasteiger partial charge in [-0.05, 0) is 18.6 Å². The van der Waals surface area contributed by atoms with E-state index in [1.165, 1.54) is 6.07 Å². The summed E-state index contributed by atoms with van der Waals surface area (Å²) < 4.78 is 14.0. The summed E-state index contributed by atoms with van der Waals surface area (Å²) in [7, 11) is 1.85. The van der Waals surface area contributed by atoms with Gasteiger partial charge in [-0.15, -0.1) is 0 Å². The minimum Gasteiger partial charge on any atom is -0.387 e. The van der Waals surface area contributed by atoms with Crippen LogP contribution in [0, 0.1) is 12.7 Å². The largest absolute Gasteiger partial charge is 0.387 e. The van der Waals surface area contributed by atoms with Crippen LogP contribution in [0.4, 0.5) is 10.1 Å². The molecule has 0 amide bonds. The average Bonchev–Trinajstić information content (AvgIpc) is 2.48. The molecule has 3 heteroatoms. The number of benzene rings is 2. The van der Waals surface area contributed by atoms with Crippen molar-refractivity contribution in [1.29, 1.82) is 0 Å². The van der Waals surface area contributed by atoms with Gasteiger partial charge in [0.25, 0.3) is 0 Å². The number of pyridine rings is 1. The zero-order valence-electron chi connectivity index (χ0n) is 11.4. The molecule has 0 radical (unpaired) electrons. The first-order chi connectivity index (χ1) is 9.72. The number of nitrogens with one attached hydrogen (secondary N) is 1. The minimum atomic E-state index is -0.295. The number of halogens is 1. The van der Waals surface area contributed by atoms with Crippen molar-refractivity contribution in [1.82, 2.24) is 4.98 Å². The molecule has 20 heavy (non-hydrogen) atoms. The second-order valence-corrected chi connectivity index (χ2v) is 4.71. The van der Waals surface area contributed by atoms with Crippen LogP contribution in [0.25, 0.3) is 22.2 Å². The van der Waals surface area contributed by atoms with Gasteiger partial charge in [-0.2, -0.15) is 0 Å². The molecule has 3 rings (SSSR count). The maximum absolute atomic E-state index is 14.0. The smallest absolute Gasteiger partial charge is 0.149 e. The molecule has 1 heterocycles. The SMILES string of the molecule is CNc1c(C)c(-c2ccccc2)nc2c(F)cccc12. The van der Waals surface area contributed by atoms with Gasteiger partial charge < -0.3 is 5.32 Å². The van der Waals surface area contributed by atoms with Gasteiger partial charge in [0, 0.05) is 23.7 Å². The molecule has 0 aliphatic carbocycles. The van der Waals surface area contributed by atoms with Gasteiger partial charge in [0.1, 0.15) is 11.3 Å². The second kappa shape index (κ2) is 4.93. The summed E-state index contributed by atoms with van der Waals surface area (Å²) in [6.45, 7) is 2.01. The topological polar surface area (TPSA) is 24.9 Å². The van der Waals surface area contributed by atoms with Gasteiger partial charge in [-0.3, -0.25) is 0 Å². The highest BCUT2D eigenvalue weighted by Crippen LogP contribution is 2.33. The molecule has 0 unspecified atom stereocenters. The first kappa shape index (κ1) is 12.6. The van der Waals surface area contributed by atoms with Crippen molar-refractivity contribution in [3.05, 3.63) is 59.9 Å². The Balaban J connectivity index is 2.40. The maximum atomic E-state index is 14.0. The monoisotopic (exact) mass is 266 g/mol. The molecular formula is C17H15FN2. The van der Waals surface area contributed by atoms with Crippen molar-refractivity contribution in [3.63, 3.8) is 0 Å². The van der Waals surface area contributed by atoms with E-state index in [-0.39, 0.29) is 5.82 Å². The number of fused-ring (bicyclic) bond motifs is 1. The van der Waals surface area contributed by atoms with Gasteiger partial charge >= 0.3 is 0 Å². The highest BCUT2D eigenvalue weighted by molar-refractivity contribution is 5.96. The van der Waals surface area contributed by atoms with Crippen LogP contribution in [-0.4, -0.2) is 12.0 Å². The fourth-order valence-electron chi connectivity index (χ4n) is 2.55. The first-order valence-electron chi connectivity index (χ1n) is 6.54. The first-order valence-corrected chi connectivity index (χ1v) is 6.54. The number of hydrogen-bond acceptors (Lipinski definition) is 2. The van der Waals surface area contributed by atoms with Crippen LogP contribution in [-0.2, 0) is 0 Å². The molecule has 0 fully saturated rings. The summed E-state index contributed by atoms with van der Waals surface area (Å²) in [4.78, 5) is 4.54. The van der Waals surface area contributed by atoms with Crippen LogP contribution in [0.2, 0.25) is 0 Å². The summed E-state index contributed by atoms with van der Waals surface area (Å²) in [5, 5.41) is 3.98. The highest BCUT2D eigenvalue weighted by atomic mass is 19.1. The van der Waals surface area contributed by atoms with Crippen molar-refractivity contribution < 1.29 is 4.39 Å². The summed E-state index contributed by atoms with van der Waals surface area (Å²) in [6, 6.07) is 14.9. The van der Waals surface area contributed by atoms with Gasteiger partial charge in [0.05, 0.1) is 5.69 Å². The van der Waals surface area contributed by atoms with Crippen molar-refractivity contribution in [3.8, 4) is 11.3 Å². The van der Waals surface area contributed by atoms with Crippen LogP contribution in [0.15, 0.2) is 48.5 Å². The summed E-state index contributed by atoms with van der Waals surface area (Å²) >= 11 is 0. The summed E-state index contributed by atoms with van der Waals surface area (Å²) in [6.07, 6.45) is 0. The van der Waals surface area contributed by atoms with E-state index >= 15 is 0 Å². The zero-order chi connectivity index (χ0) is 14.1. The number of rotatable bonds is 2. The fourth-order valence-corrected chi connectivity index (χ4v) is 2.55. The molecular weight excluding hydrogens is 251 g/mol. The normalized spacial score (nSPS) is 10.8. The van der Waals surface area contributed by atoms with Gasteiger partial charge in [-0.1, -0.05) is 42.5 Å². The van der Waals surface area contributed by atoms with Gasteiger partial charge in [-0.25, -0.2) is 9.37 Å². The fraction of sp³-hybridized carbons (Fsp3) is 0.118. The van der Waals surface area contributed by atoms with E-state index in [1.807, 2.05) is 50.4 Å². The van der Waals surface area contributed by atoms with Crippen LogP contribution in [0.3, 0.4) is 0 Å². The van der Waals surface area contributed by atoms with Crippen LogP contribution >= 0.6 is 0 Å². The molecule has 2 aromatic carbocycles. The Hall–Kier alpha value is -2.42. The van der Waals surface area contributed by atoms with Crippen LogP contribution < -0.4 is 5.32 Å². The summed E-state index contributed by atoms with van der Waals surface area (Å²) in [5.41, 5.74) is 4.16. The van der Waals surface area contributed by atoms with Crippen molar-refractivity contribution in [2.75, 3.05) is 12.4 Å². The maximum Gasteiger partial charge on any atom is 0.149 e. The number of nitrogens with zero attached hydrogens (tertiary/aromatic N) is 1. The lowest BCUT2D eigenvalue weighted by Crippen LogP contribution is -2.00. The Morgan fingerprint density at radius 2 is 1.75 bits per heavy atom. The van der Waals surface area contributed by atoms with E-state index in [0.29, 0.717) is 5.52 Å². The van der Waals surface area contributed by atoms with E-state index in [1.54, 1.807) is 6.07 Å². The van der Waals surface area contributed by atoms with E-state index < -0.39 is 0 Å². The Kier molecular flexibility index (Phi) is 3.11. The molecule has 0 aliphatic rings. The molecule has 2 nitrogen and oxygen atoms in total. The van der Waals surface area contributed by atoms with E-state index in [2.05, 4.69) is 10.3 Å². The Morgan fingerprint density at radius 3 is 2.45 bits per heavy atom. The molecule has 0 atom stereocenters. The molecule has 0 aliphatic heterocycles. The standard InChI is InChI=1S/C17H15FN2/c1-11-15(12-7-4-3-5-8-12)20-17-13(16(11)19-2)9-6-10-14(17)18/h3-10H,1-2H3,(H,19,20). The molecule has 100 valence electrons. The molecule has 3 aromatic rings. The molecule has 1 N–H and O–H groups in total. The van der Waals surface area contributed by atoms with E-state index in [0.717, 1.165) is 27.9 Å². The molecule has 1 aromatic heterocycles. The lowest BCUT2D eigenvalue weighted by molar-refractivity contribution is 0.637. The molecule has 0 spiro atoms. The number of anilines is 1. The number of hydrogen-bond donors (Lipinski definition) is 1. The van der Waals surface area contributed by atoms with Crippen molar-refractivity contribution in [2.45, 2.75) is 6.92 Å². The number of aromatic nitrogens is 1. The third-order valence-electron chi connectivity index (χ3n) is 3.51.